The van der Waals surface area contributed by atoms with Crippen molar-refractivity contribution in [3.63, 3.8) is 0 Å². The van der Waals surface area contributed by atoms with Crippen molar-refractivity contribution in [2.45, 2.75) is 18.5 Å². The third-order valence-corrected chi connectivity index (χ3v) is 19.3. The number of esters is 4. The fraction of sp³-hybridized carbons (Fsp3) is 0.0722. The molecule has 0 spiro atoms. The molecule has 8 N–H and O–H groups in total. The molecule has 15 aromatic rings. The summed E-state index contributed by atoms with van der Waals surface area (Å²) < 4.78 is 134. The van der Waals surface area contributed by atoms with Gasteiger partial charge in [0.25, 0.3) is 11.8 Å². The fourth-order valence-corrected chi connectivity index (χ4v) is 13.1. The van der Waals surface area contributed by atoms with Crippen molar-refractivity contribution in [3.8, 4) is 33.4 Å². The molecule has 0 atom stereocenters. The zero-order valence-electron chi connectivity index (χ0n) is 67.1. The van der Waals surface area contributed by atoms with E-state index < -0.39 is 90.0 Å². The molecule has 127 heavy (non-hydrogen) atoms. The minimum Gasteiger partial charge on any atom is -0.478 e. The lowest BCUT2D eigenvalue weighted by Crippen LogP contribution is -2.29. The van der Waals surface area contributed by atoms with Crippen molar-refractivity contribution in [1.29, 1.82) is 0 Å². The van der Waals surface area contributed by atoms with Crippen molar-refractivity contribution >= 4 is 136 Å². The monoisotopic (exact) mass is 1800 g/mol. The maximum absolute atomic E-state index is 13.2. The van der Waals surface area contributed by atoms with E-state index in [9.17, 15) is 77.9 Å². The van der Waals surface area contributed by atoms with E-state index in [2.05, 4.69) is 36.0 Å². The van der Waals surface area contributed by atoms with Crippen molar-refractivity contribution in [3.05, 3.63) is 381 Å². The van der Waals surface area contributed by atoms with Gasteiger partial charge in [-0.3, -0.25) is 9.59 Å². The van der Waals surface area contributed by atoms with Gasteiger partial charge in [-0.25, -0.2) is 28.8 Å². The summed E-state index contributed by atoms with van der Waals surface area (Å²) in [5.41, 5.74) is 8.10. The fourth-order valence-electron chi connectivity index (χ4n) is 12.6. The number of nitrogens with one attached hydrogen (secondary N) is 2. The Morgan fingerprint density at radius 1 is 0.299 bits per heavy atom. The lowest BCUT2D eigenvalue weighted by molar-refractivity contribution is -0.138. The summed E-state index contributed by atoms with van der Waals surface area (Å²) >= 11 is 3.19. The molecule has 0 aromatic heterocycles. The largest absolute Gasteiger partial charge is 0.488 e. The first-order valence-electron chi connectivity index (χ1n) is 37.7. The highest BCUT2D eigenvalue weighted by Gasteiger charge is 2.33. The van der Waals surface area contributed by atoms with Gasteiger partial charge < -0.3 is 55.6 Å². The van der Waals surface area contributed by atoms with Crippen molar-refractivity contribution in [2.75, 3.05) is 44.8 Å². The number of methoxy groups -OCH3 is 4. The number of carbonyl (C=O) groups excluding carboxylic acids is 6. The van der Waals surface area contributed by atoms with Gasteiger partial charge in [0.2, 0.25) is 0 Å². The van der Waals surface area contributed by atoms with Crippen LogP contribution in [0.15, 0.2) is 320 Å². The molecule has 0 aliphatic heterocycles. The molecule has 0 fully saturated rings. The zero-order chi connectivity index (χ0) is 92.0. The predicted molar refractivity (Wildman–Crippen MR) is 470 cm³/mol. The molecule has 0 heterocycles. The predicted octanol–water partition coefficient (Wildman–Crippen LogP) is 21.9. The van der Waals surface area contributed by atoms with Crippen LogP contribution in [0.3, 0.4) is 0 Å². The lowest BCUT2D eigenvalue weighted by atomic mass is 9.79. The Morgan fingerprint density at radius 2 is 0.575 bits per heavy atom. The summed E-state index contributed by atoms with van der Waals surface area (Å²) in [6.07, 6.45) is -13.5. The average molecular weight is 1800 g/mol. The highest BCUT2D eigenvalue weighted by atomic mass is 79.9. The highest BCUT2D eigenvalue weighted by Crippen LogP contribution is 2.36. The standard InChI is InChI=1S/C32H20F6N2O2.C20H16O4.C18H12O4.C10H9BO2.C10H9BrO4.C7H6F3N/c33-31(34,35)25-7-3-9-27(17-25)39-29(41)23-14-22(21-12-11-19-5-1-2-6-20(19)13-21)15-24(16-23)30(42)40-28-10-4-8-26(18-28)32(36,37)38;1-23-19(21)17-10-16(11-18(12-17)20(22)24-2)15-8-7-13-5-3-4-6-14(13)9-15;19-17(20)15-8-14(9-16(10-15)18(21)22)13-6-5-11-3-1-2-4-12(11)7-13;12-11(13)10-6-5-8-3-1-2-4-9(8)7-10;1-14-9(12)6-3-7(10(13)15-2)5-8(11)4-6;8-7(9,10)5-2-1-3-6(11)4-5/h1-18H,(H,39,41)(H,40,42);3-12H,1-2H3;1-10H,(H,19,20)(H,21,22);1-7,12-13H;3-5H,1-2H3;1-4H,11H2. The quantitative estimate of drug-likeness (QED) is 0.0175. The van der Waals surface area contributed by atoms with Crippen molar-refractivity contribution in [1.82, 2.24) is 0 Å². The van der Waals surface area contributed by atoms with Crippen LogP contribution in [0.2, 0.25) is 0 Å². The summed E-state index contributed by atoms with van der Waals surface area (Å²) in [6, 6.07) is 84.2. The van der Waals surface area contributed by atoms with Crippen LogP contribution in [0.25, 0.3) is 76.5 Å². The maximum Gasteiger partial charge on any atom is 0.488 e. The summed E-state index contributed by atoms with van der Waals surface area (Å²) in [6.45, 7) is 0. The number of benzene rings is 15. The number of nitrogen functional groups attached to an aromatic ring is 1. The number of hydrogen-bond donors (Lipinski definition) is 7. The number of carboxylic acids is 2. The lowest BCUT2D eigenvalue weighted by Gasteiger charge is -2.13. The minimum absolute atomic E-state index is 0.0388. The molecule has 0 bridgehead atoms. The Morgan fingerprint density at radius 3 is 0.882 bits per heavy atom. The number of fused-ring (bicyclic) bond motifs is 4. The summed E-state index contributed by atoms with van der Waals surface area (Å²) in [5.74, 6) is -5.86. The molecule has 0 saturated heterocycles. The van der Waals surface area contributed by atoms with E-state index in [1.807, 2.05) is 152 Å². The normalized spacial score (nSPS) is 10.9. The van der Waals surface area contributed by atoms with Crippen LogP contribution in [-0.2, 0) is 37.5 Å². The van der Waals surface area contributed by atoms with Crippen LogP contribution in [0.5, 0.6) is 0 Å². The molecule has 644 valence electrons. The Bertz CT molecular complexity index is 6440. The van der Waals surface area contributed by atoms with Crippen LogP contribution in [0, 0.1) is 0 Å². The third kappa shape index (κ3) is 25.9. The Balaban J connectivity index is 0.000000170. The van der Waals surface area contributed by atoms with Gasteiger partial charge >= 0.3 is 61.5 Å². The van der Waals surface area contributed by atoms with Crippen LogP contribution in [0.1, 0.15) is 99.6 Å². The van der Waals surface area contributed by atoms with Gasteiger partial charge in [-0.15, -0.1) is 0 Å². The molecular weight excluding hydrogens is 1720 g/mol. The Kier molecular flexibility index (Phi) is 31.2. The SMILES string of the molecule is COC(=O)c1cc(Br)cc(C(=O)OC)c1.COC(=O)c1cc(C(=O)OC)cc(-c2ccc3ccccc3c2)c1.Nc1cccc(C(F)(F)F)c1.O=C(Nc1cccc(C(F)(F)F)c1)c1cc(C(=O)Nc2cccc(C(F)(F)F)c2)cc(-c2ccc3ccccc3c2)c1.O=C(O)c1cc(C(=O)O)cc(-c2ccc3ccccc3c2)c1.OB(O)c1ccc2ccccc2c1. The molecule has 15 rings (SSSR count). The van der Waals surface area contributed by atoms with E-state index in [0.29, 0.717) is 48.9 Å². The average Bonchev–Trinajstić information content (AvgIpc) is 0.793. The number of amides is 2. The second kappa shape index (κ2) is 42.2. The summed E-state index contributed by atoms with van der Waals surface area (Å²) in [5, 5.41) is 49.2. The topological polar surface area (TPSA) is 304 Å². The number of alkyl halides is 9. The van der Waals surface area contributed by atoms with Crippen LogP contribution in [-0.4, -0.2) is 103 Å². The molecular formula is C97H72BBrF9N3O16. The van der Waals surface area contributed by atoms with E-state index in [0.717, 1.165) is 114 Å². The van der Waals surface area contributed by atoms with Gasteiger partial charge in [0.15, 0.2) is 0 Å². The molecule has 0 saturated carbocycles. The number of carboxylic acid groups (broad SMARTS) is 2. The highest BCUT2D eigenvalue weighted by molar-refractivity contribution is 9.10. The van der Waals surface area contributed by atoms with E-state index in [4.69, 9.17) is 35.5 Å². The van der Waals surface area contributed by atoms with Gasteiger partial charge in [0.05, 0.1) is 78.5 Å². The number of anilines is 3. The first-order valence-corrected chi connectivity index (χ1v) is 38.5. The number of ether oxygens (including phenoxy) is 4. The van der Waals surface area contributed by atoms with E-state index >= 15 is 0 Å². The van der Waals surface area contributed by atoms with Gasteiger partial charge in [-0.2, -0.15) is 39.5 Å². The third-order valence-electron chi connectivity index (χ3n) is 18.8. The van der Waals surface area contributed by atoms with E-state index in [1.54, 1.807) is 42.5 Å². The number of hydrogen-bond acceptors (Lipinski definition) is 15. The summed E-state index contributed by atoms with van der Waals surface area (Å²) in [4.78, 5) is 95.0. The second-order valence-corrected chi connectivity index (χ2v) is 28.5. The zero-order valence-corrected chi connectivity index (χ0v) is 68.7. The van der Waals surface area contributed by atoms with Gasteiger partial charge in [-0.05, 0) is 228 Å². The number of carbonyl (C=O) groups is 8. The van der Waals surface area contributed by atoms with Gasteiger partial charge in [-0.1, -0.05) is 186 Å². The van der Waals surface area contributed by atoms with Crippen LogP contribution >= 0.6 is 15.9 Å². The van der Waals surface area contributed by atoms with Crippen LogP contribution in [0.4, 0.5) is 56.6 Å². The van der Waals surface area contributed by atoms with E-state index in [1.165, 1.54) is 95.2 Å². The number of nitrogens with two attached hydrogens (primary N) is 1. The maximum atomic E-state index is 13.2. The number of aromatic carboxylic acids is 2. The molecule has 19 nitrogen and oxygen atoms in total. The molecule has 15 aromatic carbocycles. The first-order chi connectivity index (χ1) is 60.4. The molecule has 0 radical (unpaired) electrons. The van der Waals surface area contributed by atoms with E-state index in [-0.39, 0.29) is 39.3 Å². The Labute approximate surface area is 727 Å². The molecule has 0 aliphatic carbocycles. The molecule has 30 heteroatoms. The first kappa shape index (κ1) is 94.0. The van der Waals surface area contributed by atoms with Crippen molar-refractivity contribution in [2.24, 2.45) is 0 Å². The number of rotatable bonds is 14. The van der Waals surface area contributed by atoms with Crippen LogP contribution < -0.4 is 21.8 Å². The van der Waals surface area contributed by atoms with Gasteiger partial charge in [0, 0.05) is 32.7 Å². The summed E-state index contributed by atoms with van der Waals surface area (Å²) in [7, 11) is 3.79. The number of halogens is 10. The Hall–Kier alpha value is -15.3. The van der Waals surface area contributed by atoms with Gasteiger partial charge in [0.1, 0.15) is 0 Å². The second-order valence-electron chi connectivity index (χ2n) is 27.6. The molecule has 0 unspecified atom stereocenters. The van der Waals surface area contributed by atoms with Crippen molar-refractivity contribution < 1.29 is 117 Å². The smallest absolute Gasteiger partial charge is 0.478 e. The molecule has 2 amide bonds. The minimum atomic E-state index is -4.62. The molecule has 0 aliphatic rings.